The van der Waals surface area contributed by atoms with Crippen molar-refractivity contribution in [1.82, 2.24) is 15.0 Å². The van der Waals surface area contributed by atoms with Crippen molar-refractivity contribution in [3.8, 4) is 67.5 Å². The highest BCUT2D eigenvalue weighted by molar-refractivity contribution is 7.26. The van der Waals surface area contributed by atoms with Crippen LogP contribution in [0, 0.1) is 0 Å². The van der Waals surface area contributed by atoms with Crippen LogP contribution < -0.4 is 0 Å². The molecule has 0 fully saturated rings. The van der Waals surface area contributed by atoms with E-state index in [0.29, 0.717) is 17.5 Å². The Morgan fingerprint density at radius 2 is 0.830 bits per heavy atom. The van der Waals surface area contributed by atoms with Gasteiger partial charge in [-0.2, -0.15) is 0 Å². The van der Waals surface area contributed by atoms with Crippen LogP contribution in [-0.4, -0.2) is 15.0 Å². The maximum Gasteiger partial charge on any atom is 0.165 e. The summed E-state index contributed by atoms with van der Waals surface area (Å²) in [5.41, 5.74) is 9.85. The molecule has 248 valence electrons. The molecular formula is C49H31N3S. The Hall–Kier alpha value is -6.75. The molecule has 10 aromatic rings. The minimum Gasteiger partial charge on any atom is -0.208 e. The van der Waals surface area contributed by atoms with E-state index in [0.717, 1.165) is 49.7 Å². The molecule has 53 heavy (non-hydrogen) atoms. The smallest absolute Gasteiger partial charge is 0.165 e. The predicted octanol–water partition coefficient (Wildman–Crippen LogP) is 13.4. The maximum atomic E-state index is 5.34. The normalized spacial score (nSPS) is 11.4. The molecule has 0 N–H and O–H groups in total. The van der Waals surface area contributed by atoms with Crippen LogP contribution in [0.25, 0.3) is 98.5 Å². The molecule has 0 bridgehead atoms. The highest BCUT2D eigenvalue weighted by Gasteiger charge is 2.20. The van der Waals surface area contributed by atoms with Crippen LogP contribution in [0.15, 0.2) is 188 Å². The van der Waals surface area contributed by atoms with E-state index >= 15 is 0 Å². The fourth-order valence-electron chi connectivity index (χ4n) is 7.33. The van der Waals surface area contributed by atoms with Gasteiger partial charge >= 0.3 is 0 Å². The summed E-state index contributed by atoms with van der Waals surface area (Å²) in [7, 11) is 0. The number of rotatable bonds is 6. The highest BCUT2D eigenvalue weighted by Crippen LogP contribution is 2.41. The lowest BCUT2D eigenvalue weighted by molar-refractivity contribution is 1.08. The van der Waals surface area contributed by atoms with Gasteiger partial charge in [-0.05, 0) is 56.3 Å². The third-order valence-electron chi connectivity index (χ3n) is 9.99. The van der Waals surface area contributed by atoms with Gasteiger partial charge in [0.1, 0.15) is 0 Å². The molecule has 0 saturated carbocycles. The van der Waals surface area contributed by atoms with Crippen LogP contribution in [0.2, 0.25) is 0 Å². The molecule has 0 saturated heterocycles. The van der Waals surface area contributed by atoms with Crippen LogP contribution in [-0.2, 0) is 0 Å². The van der Waals surface area contributed by atoms with Gasteiger partial charge in [-0.1, -0.05) is 176 Å². The Balaban J connectivity index is 1.16. The van der Waals surface area contributed by atoms with Crippen LogP contribution in [0.5, 0.6) is 0 Å². The number of hydrogen-bond acceptors (Lipinski definition) is 4. The Bertz CT molecular complexity index is 2910. The fraction of sp³-hybridized carbons (Fsp3) is 0. The molecule has 10 rings (SSSR count). The van der Waals surface area contributed by atoms with Crippen molar-refractivity contribution in [2.45, 2.75) is 0 Å². The van der Waals surface area contributed by atoms with Gasteiger partial charge in [-0.3, -0.25) is 0 Å². The molecule has 8 aromatic carbocycles. The zero-order valence-corrected chi connectivity index (χ0v) is 29.5. The first-order valence-electron chi connectivity index (χ1n) is 17.8. The van der Waals surface area contributed by atoms with Crippen LogP contribution >= 0.6 is 11.3 Å². The van der Waals surface area contributed by atoms with E-state index in [-0.39, 0.29) is 0 Å². The van der Waals surface area contributed by atoms with Gasteiger partial charge in [0.2, 0.25) is 0 Å². The number of benzene rings is 8. The first-order chi connectivity index (χ1) is 26.3. The average Bonchev–Trinajstić information content (AvgIpc) is 3.63. The van der Waals surface area contributed by atoms with Crippen LogP contribution in [0.3, 0.4) is 0 Å². The molecule has 0 aliphatic carbocycles. The summed E-state index contributed by atoms with van der Waals surface area (Å²) in [5, 5.41) is 4.70. The SMILES string of the molecule is c1ccc(-c2ccc(-c3ccc(-c4nc(-c5c(-c6ccccc6)ccc6ccccc56)nc(-c5cccc6c5sc5ccccc56)n4)cc3)cc2)cc1. The van der Waals surface area contributed by atoms with Crippen molar-refractivity contribution in [1.29, 1.82) is 0 Å². The monoisotopic (exact) mass is 693 g/mol. The highest BCUT2D eigenvalue weighted by atomic mass is 32.1. The molecule has 3 nitrogen and oxygen atoms in total. The fourth-order valence-corrected chi connectivity index (χ4v) is 8.54. The number of thiophene rings is 1. The Labute approximate surface area is 311 Å². The summed E-state index contributed by atoms with van der Waals surface area (Å²) in [4.78, 5) is 15.9. The van der Waals surface area contributed by atoms with Gasteiger partial charge in [0.25, 0.3) is 0 Å². The van der Waals surface area contributed by atoms with E-state index in [1.165, 1.54) is 31.3 Å². The first-order valence-corrected chi connectivity index (χ1v) is 18.6. The maximum absolute atomic E-state index is 5.34. The Kier molecular flexibility index (Phi) is 7.67. The molecule has 0 atom stereocenters. The quantitative estimate of drug-likeness (QED) is 0.174. The molecule has 0 aliphatic heterocycles. The second-order valence-electron chi connectivity index (χ2n) is 13.2. The van der Waals surface area contributed by atoms with E-state index in [1.807, 2.05) is 6.07 Å². The number of hydrogen-bond donors (Lipinski definition) is 0. The average molecular weight is 694 g/mol. The summed E-state index contributed by atoms with van der Waals surface area (Å²) >= 11 is 1.79. The van der Waals surface area contributed by atoms with Crippen molar-refractivity contribution in [2.24, 2.45) is 0 Å². The second-order valence-corrected chi connectivity index (χ2v) is 14.2. The van der Waals surface area contributed by atoms with E-state index in [4.69, 9.17) is 15.0 Å². The van der Waals surface area contributed by atoms with E-state index in [1.54, 1.807) is 11.3 Å². The van der Waals surface area contributed by atoms with E-state index in [9.17, 15) is 0 Å². The van der Waals surface area contributed by atoms with E-state index < -0.39 is 0 Å². The first kappa shape index (κ1) is 31.0. The molecule has 2 heterocycles. The topological polar surface area (TPSA) is 38.7 Å². The second kappa shape index (κ2) is 13.1. The van der Waals surface area contributed by atoms with Gasteiger partial charge < -0.3 is 0 Å². The number of nitrogens with zero attached hydrogens (tertiary/aromatic N) is 3. The molecule has 0 radical (unpaired) electrons. The standard InChI is InChI=1S/C49H31N3S/c1-3-12-32(13-4-1)33-22-24-34(25-23-33)35-26-28-38(29-27-35)47-50-48(43-20-11-19-42-41-18-9-10-21-44(41)53-46(42)43)52-49(51-47)45-39-17-8-7-16-37(39)30-31-40(45)36-14-5-2-6-15-36/h1-31H. The number of fused-ring (bicyclic) bond motifs is 4. The lowest BCUT2D eigenvalue weighted by Gasteiger charge is -2.15. The zero-order valence-electron chi connectivity index (χ0n) is 28.6. The van der Waals surface area contributed by atoms with Gasteiger partial charge in [0.15, 0.2) is 17.5 Å². The predicted molar refractivity (Wildman–Crippen MR) is 223 cm³/mol. The summed E-state index contributed by atoms with van der Waals surface area (Å²) in [6.07, 6.45) is 0. The molecule has 0 unspecified atom stereocenters. The summed E-state index contributed by atoms with van der Waals surface area (Å²) in [5.74, 6) is 1.95. The third kappa shape index (κ3) is 5.66. The van der Waals surface area contributed by atoms with Gasteiger partial charge in [0, 0.05) is 36.9 Å². The lowest BCUT2D eigenvalue weighted by Crippen LogP contribution is -2.02. The summed E-state index contributed by atoms with van der Waals surface area (Å²) in [6.45, 7) is 0. The van der Waals surface area contributed by atoms with Crippen LogP contribution in [0.1, 0.15) is 0 Å². The number of aromatic nitrogens is 3. The van der Waals surface area contributed by atoms with E-state index in [2.05, 4.69) is 182 Å². The molecule has 0 spiro atoms. The molecule has 4 heteroatoms. The van der Waals surface area contributed by atoms with Crippen molar-refractivity contribution in [3.63, 3.8) is 0 Å². The summed E-state index contributed by atoms with van der Waals surface area (Å²) in [6, 6.07) is 66.3. The lowest BCUT2D eigenvalue weighted by atomic mass is 9.93. The van der Waals surface area contributed by atoms with Gasteiger partial charge in [0.05, 0.1) is 0 Å². The van der Waals surface area contributed by atoms with Gasteiger partial charge in [-0.15, -0.1) is 11.3 Å². The molecular weight excluding hydrogens is 663 g/mol. The van der Waals surface area contributed by atoms with Crippen molar-refractivity contribution >= 4 is 42.3 Å². The Morgan fingerprint density at radius 3 is 1.55 bits per heavy atom. The summed E-state index contributed by atoms with van der Waals surface area (Å²) < 4.78 is 2.42. The molecule has 2 aromatic heterocycles. The molecule has 0 amide bonds. The van der Waals surface area contributed by atoms with Crippen molar-refractivity contribution in [3.05, 3.63) is 188 Å². The third-order valence-corrected chi connectivity index (χ3v) is 11.2. The van der Waals surface area contributed by atoms with Crippen molar-refractivity contribution < 1.29 is 0 Å². The largest absolute Gasteiger partial charge is 0.208 e. The van der Waals surface area contributed by atoms with Crippen LogP contribution in [0.4, 0.5) is 0 Å². The molecule has 0 aliphatic rings. The minimum absolute atomic E-state index is 0.640. The van der Waals surface area contributed by atoms with Gasteiger partial charge in [-0.25, -0.2) is 15.0 Å². The van der Waals surface area contributed by atoms with Crippen molar-refractivity contribution in [2.75, 3.05) is 0 Å². The zero-order chi connectivity index (χ0) is 35.1. The Morgan fingerprint density at radius 1 is 0.302 bits per heavy atom. The minimum atomic E-state index is 0.640.